The van der Waals surface area contributed by atoms with Crippen LogP contribution in [0.25, 0.3) is 0 Å². The first-order valence-corrected chi connectivity index (χ1v) is 22.6. The van der Waals surface area contributed by atoms with Gasteiger partial charge in [0.05, 0.1) is 6.04 Å². The molecule has 11 rings (SSSR count). The molecule has 2 nitrogen and oxygen atoms in total. The van der Waals surface area contributed by atoms with E-state index < -0.39 is 0 Å². The van der Waals surface area contributed by atoms with Gasteiger partial charge in [-0.05, 0) is 112 Å². The summed E-state index contributed by atoms with van der Waals surface area (Å²) in [5.41, 5.74) is 16.4. The van der Waals surface area contributed by atoms with Crippen LogP contribution in [0.2, 0.25) is 0 Å². The van der Waals surface area contributed by atoms with Gasteiger partial charge in [0.15, 0.2) is 0 Å². The van der Waals surface area contributed by atoms with Crippen LogP contribution >= 0.6 is 0 Å². The molecule has 0 spiro atoms. The molecule has 0 radical (unpaired) electrons. The van der Waals surface area contributed by atoms with Crippen LogP contribution in [0.1, 0.15) is 120 Å². The van der Waals surface area contributed by atoms with Crippen molar-refractivity contribution in [3.63, 3.8) is 0 Å². The average molecular weight is 747 g/mol. The molecule has 0 N–H and O–H groups in total. The number of hydrogen-bond donors (Lipinski definition) is 0. The van der Waals surface area contributed by atoms with Crippen molar-refractivity contribution in [2.24, 2.45) is 17.8 Å². The molecule has 1 saturated carbocycles. The highest BCUT2D eigenvalue weighted by atomic mass is 15.2. The van der Waals surface area contributed by atoms with Gasteiger partial charge in [-0.3, -0.25) is 0 Å². The molecule has 57 heavy (non-hydrogen) atoms. The fourth-order valence-corrected chi connectivity index (χ4v) is 12.9. The Morgan fingerprint density at radius 3 is 2.28 bits per heavy atom. The Labute approximate surface area is 342 Å². The van der Waals surface area contributed by atoms with Gasteiger partial charge in [0.2, 0.25) is 6.71 Å². The van der Waals surface area contributed by atoms with Gasteiger partial charge < -0.3 is 9.80 Å². The minimum Gasteiger partial charge on any atom is -0.359 e. The van der Waals surface area contributed by atoms with Crippen LogP contribution in [0.3, 0.4) is 0 Å². The maximum Gasteiger partial charge on any atom is 0.246 e. The summed E-state index contributed by atoms with van der Waals surface area (Å²) in [6, 6.07) is 37.0. The number of allylic oxidation sites excluding steroid dienone is 6. The van der Waals surface area contributed by atoms with E-state index in [0.717, 1.165) is 12.3 Å². The zero-order valence-corrected chi connectivity index (χ0v) is 34.6. The lowest BCUT2D eigenvalue weighted by molar-refractivity contribution is 0.217. The molecule has 3 heterocycles. The summed E-state index contributed by atoms with van der Waals surface area (Å²) in [5.74, 6) is 2.62. The van der Waals surface area contributed by atoms with Gasteiger partial charge >= 0.3 is 0 Å². The van der Waals surface area contributed by atoms with Crippen molar-refractivity contribution in [2.45, 2.75) is 121 Å². The van der Waals surface area contributed by atoms with E-state index in [2.05, 4.69) is 165 Å². The van der Waals surface area contributed by atoms with Crippen LogP contribution < -0.4 is 20.7 Å². The monoisotopic (exact) mass is 746 g/mol. The summed E-state index contributed by atoms with van der Waals surface area (Å²) in [4.78, 5) is 5.77. The van der Waals surface area contributed by atoms with Gasteiger partial charge in [-0.1, -0.05) is 169 Å². The SMILES string of the molecule is CC(C)(c1ccccc1)c1ccc2c(c1)B1C3=C(CC(C4CCCCC4)CC3N3c4c1cccc4C1CCC=CC13)N2c1ccc(C(C)(C)C2C=CC=CC2)cc1. The van der Waals surface area contributed by atoms with Gasteiger partial charge in [0.1, 0.15) is 0 Å². The molecule has 0 saturated heterocycles. The molecule has 0 bridgehead atoms. The standard InChI is InChI=1S/C54H59BN2/c1-53(2,38-19-10-6-11-20-38)40-27-30-42(31-28-40)56-48-32-29-41(54(3,4)39-21-12-7-13-22-39)35-46(48)55-45-25-16-24-44-43-23-14-15-26-47(43)57(52(44)45)50-34-37(33-49(56)51(50)55)36-17-8-5-9-18-36/h6-7,10-13,15-16,19,21-22,24-32,35-38,43,47,50H,5,8-9,14,17-18,20,23,33-34H2,1-4H3. The smallest absolute Gasteiger partial charge is 0.246 e. The van der Waals surface area contributed by atoms with Crippen LogP contribution in [-0.4, -0.2) is 18.8 Å². The minimum absolute atomic E-state index is 0.0527. The lowest BCUT2D eigenvalue weighted by atomic mass is 9.30. The van der Waals surface area contributed by atoms with E-state index in [0.29, 0.717) is 29.8 Å². The van der Waals surface area contributed by atoms with Crippen LogP contribution in [0, 0.1) is 17.8 Å². The van der Waals surface area contributed by atoms with Gasteiger partial charge in [-0.15, -0.1) is 0 Å². The Bertz CT molecular complexity index is 2320. The first kappa shape index (κ1) is 35.7. The maximum absolute atomic E-state index is 2.99. The highest BCUT2D eigenvalue weighted by Crippen LogP contribution is 2.56. The van der Waals surface area contributed by atoms with Crippen molar-refractivity contribution >= 4 is 34.7 Å². The second kappa shape index (κ2) is 13.5. The second-order valence-electron chi connectivity index (χ2n) is 19.8. The van der Waals surface area contributed by atoms with Crippen molar-refractivity contribution in [1.82, 2.24) is 0 Å². The van der Waals surface area contributed by atoms with E-state index in [1.54, 1.807) is 27.9 Å². The van der Waals surface area contributed by atoms with E-state index in [-0.39, 0.29) is 17.5 Å². The Balaban J connectivity index is 1.13. The normalized spacial score (nSPS) is 26.3. The number of nitrogens with zero attached hydrogens (tertiary/aromatic N) is 2. The Hall–Kier alpha value is -4.50. The van der Waals surface area contributed by atoms with E-state index in [9.17, 15) is 0 Å². The number of benzene rings is 4. The molecule has 5 unspecified atom stereocenters. The first-order valence-electron chi connectivity index (χ1n) is 22.6. The number of rotatable bonds is 6. The van der Waals surface area contributed by atoms with Crippen molar-refractivity contribution in [2.75, 3.05) is 9.80 Å². The first-order chi connectivity index (χ1) is 27.8. The molecule has 3 aliphatic heterocycles. The van der Waals surface area contributed by atoms with E-state index >= 15 is 0 Å². The molecule has 0 aromatic heterocycles. The summed E-state index contributed by atoms with van der Waals surface area (Å²) in [5, 5.41) is 0. The zero-order chi connectivity index (χ0) is 38.5. The number of anilines is 3. The molecule has 288 valence electrons. The summed E-state index contributed by atoms with van der Waals surface area (Å²) in [6.07, 6.45) is 27.4. The van der Waals surface area contributed by atoms with Crippen molar-refractivity contribution in [3.05, 3.63) is 161 Å². The zero-order valence-electron chi connectivity index (χ0n) is 34.6. The fraction of sp³-hybridized carbons (Fsp3) is 0.407. The topological polar surface area (TPSA) is 6.48 Å². The van der Waals surface area contributed by atoms with Crippen LogP contribution in [0.5, 0.6) is 0 Å². The third kappa shape index (κ3) is 5.50. The predicted octanol–water partition coefficient (Wildman–Crippen LogP) is 12.0. The van der Waals surface area contributed by atoms with Crippen molar-refractivity contribution < 1.29 is 0 Å². The molecule has 4 aliphatic carbocycles. The van der Waals surface area contributed by atoms with E-state index in [1.165, 1.54) is 91.3 Å². The Morgan fingerprint density at radius 2 is 1.49 bits per heavy atom. The quantitative estimate of drug-likeness (QED) is 0.143. The van der Waals surface area contributed by atoms with Crippen LogP contribution in [-0.2, 0) is 10.8 Å². The Morgan fingerprint density at radius 1 is 0.684 bits per heavy atom. The number of hydrogen-bond acceptors (Lipinski definition) is 2. The average Bonchev–Trinajstić information content (AvgIpc) is 3.61. The molecule has 7 aliphatic rings. The molecule has 5 atom stereocenters. The number of para-hydroxylation sites is 1. The largest absolute Gasteiger partial charge is 0.359 e. The predicted molar refractivity (Wildman–Crippen MR) is 242 cm³/mol. The van der Waals surface area contributed by atoms with Crippen molar-refractivity contribution in [3.8, 4) is 0 Å². The molecule has 1 fully saturated rings. The molecule has 4 aromatic rings. The van der Waals surface area contributed by atoms with E-state index in [1.807, 2.05) is 0 Å². The lowest BCUT2D eigenvalue weighted by Gasteiger charge is -2.54. The third-order valence-corrected chi connectivity index (χ3v) is 16.3. The van der Waals surface area contributed by atoms with Crippen LogP contribution in [0.4, 0.5) is 17.1 Å². The highest BCUT2D eigenvalue weighted by molar-refractivity contribution is 6.94. The second-order valence-corrected chi connectivity index (χ2v) is 19.8. The lowest BCUT2D eigenvalue weighted by Crippen LogP contribution is -2.64. The molecule has 0 amide bonds. The summed E-state index contributed by atoms with van der Waals surface area (Å²) in [7, 11) is 0. The maximum atomic E-state index is 2.99. The van der Waals surface area contributed by atoms with Crippen LogP contribution in [0.15, 0.2) is 139 Å². The van der Waals surface area contributed by atoms with Gasteiger partial charge in [-0.2, -0.15) is 0 Å². The molecule has 4 aromatic carbocycles. The van der Waals surface area contributed by atoms with Gasteiger partial charge in [0, 0.05) is 40.1 Å². The minimum atomic E-state index is -0.122. The fourth-order valence-electron chi connectivity index (χ4n) is 12.9. The summed E-state index contributed by atoms with van der Waals surface area (Å²) >= 11 is 0. The molecule has 3 heteroatoms. The highest BCUT2D eigenvalue weighted by Gasteiger charge is 2.55. The molecular formula is C54H59BN2. The number of fused-ring (bicyclic) bond motifs is 7. The summed E-state index contributed by atoms with van der Waals surface area (Å²) < 4.78 is 0. The van der Waals surface area contributed by atoms with E-state index in [4.69, 9.17) is 0 Å². The van der Waals surface area contributed by atoms with Crippen molar-refractivity contribution in [1.29, 1.82) is 0 Å². The third-order valence-electron chi connectivity index (χ3n) is 16.3. The summed E-state index contributed by atoms with van der Waals surface area (Å²) in [6.45, 7) is 10.00. The van der Waals surface area contributed by atoms with Gasteiger partial charge in [0.25, 0.3) is 0 Å². The Kier molecular flexibility index (Phi) is 8.47. The van der Waals surface area contributed by atoms with Gasteiger partial charge in [-0.25, -0.2) is 0 Å². The molecular weight excluding hydrogens is 687 g/mol.